The fourth-order valence-electron chi connectivity index (χ4n) is 4.18. The summed E-state index contributed by atoms with van der Waals surface area (Å²) in [6, 6.07) is 16.7. The van der Waals surface area contributed by atoms with E-state index in [9.17, 15) is 14.0 Å². The zero-order chi connectivity index (χ0) is 27.4. The van der Waals surface area contributed by atoms with E-state index in [0.29, 0.717) is 28.7 Å². The van der Waals surface area contributed by atoms with Crippen LogP contribution < -0.4 is 10.1 Å². The van der Waals surface area contributed by atoms with E-state index in [0.717, 1.165) is 16.2 Å². The lowest BCUT2D eigenvalue weighted by molar-refractivity contribution is -0.130. The number of thiophene rings is 1. The van der Waals surface area contributed by atoms with Crippen LogP contribution in [0.2, 0.25) is 0 Å². The van der Waals surface area contributed by atoms with Crippen LogP contribution in [0, 0.1) is 5.82 Å². The highest BCUT2D eigenvalue weighted by Crippen LogP contribution is 2.34. The summed E-state index contributed by atoms with van der Waals surface area (Å²) in [4.78, 5) is 27.0. The molecule has 3 heterocycles. The molecule has 0 fully saturated rings. The van der Waals surface area contributed by atoms with Gasteiger partial charge in [0.15, 0.2) is 11.0 Å². The van der Waals surface area contributed by atoms with Crippen molar-refractivity contribution in [1.82, 2.24) is 25.1 Å². The van der Waals surface area contributed by atoms with Crippen molar-refractivity contribution < 1.29 is 18.7 Å². The van der Waals surface area contributed by atoms with Gasteiger partial charge in [-0.3, -0.25) is 9.59 Å². The fraction of sp³-hybridized carbons (Fsp3) is 0.222. The number of nitrogens with zero attached hydrogens (tertiary/aromatic N) is 5. The van der Waals surface area contributed by atoms with Gasteiger partial charge in [0.05, 0.1) is 41.6 Å². The summed E-state index contributed by atoms with van der Waals surface area (Å²) in [6.45, 7) is 0.155. The largest absolute Gasteiger partial charge is 0.496 e. The van der Waals surface area contributed by atoms with Crippen LogP contribution in [0.3, 0.4) is 0 Å². The third-order valence-electron chi connectivity index (χ3n) is 6.23. The van der Waals surface area contributed by atoms with Gasteiger partial charge in [-0.1, -0.05) is 42.1 Å². The van der Waals surface area contributed by atoms with E-state index in [1.165, 1.54) is 36.0 Å². The second-order valence-electron chi connectivity index (χ2n) is 8.66. The maximum Gasteiger partial charge on any atom is 0.255 e. The molecule has 0 aliphatic carbocycles. The zero-order valence-electron chi connectivity index (χ0n) is 21.2. The van der Waals surface area contributed by atoms with Gasteiger partial charge < -0.3 is 14.6 Å². The highest BCUT2D eigenvalue weighted by molar-refractivity contribution is 7.99. The summed E-state index contributed by atoms with van der Waals surface area (Å²) in [5, 5.41) is 19.8. The van der Waals surface area contributed by atoms with Crippen LogP contribution in [0.4, 0.5) is 4.39 Å². The van der Waals surface area contributed by atoms with E-state index in [-0.39, 0.29) is 36.0 Å². The molecule has 0 saturated carbocycles. The summed E-state index contributed by atoms with van der Waals surface area (Å²) in [6.07, 6.45) is 0.544. The number of para-hydroxylation sites is 1. The number of carbonyl (C=O) groups excluding carboxylic acids is 2. The third kappa shape index (κ3) is 5.86. The van der Waals surface area contributed by atoms with E-state index in [4.69, 9.17) is 4.74 Å². The quantitative estimate of drug-likeness (QED) is 0.302. The number of hydrazone groups is 1. The van der Waals surface area contributed by atoms with E-state index in [1.807, 2.05) is 17.5 Å². The molecule has 1 N–H and O–H groups in total. The van der Waals surface area contributed by atoms with E-state index < -0.39 is 0 Å². The van der Waals surface area contributed by atoms with Gasteiger partial charge in [0.1, 0.15) is 11.6 Å². The van der Waals surface area contributed by atoms with Gasteiger partial charge in [-0.2, -0.15) is 5.10 Å². The van der Waals surface area contributed by atoms with Gasteiger partial charge in [-0.15, -0.1) is 21.5 Å². The Morgan fingerprint density at radius 1 is 1.13 bits per heavy atom. The summed E-state index contributed by atoms with van der Waals surface area (Å²) in [5.41, 5.74) is 2.06. The number of hydrogen-bond donors (Lipinski definition) is 1. The molecule has 9 nitrogen and oxygen atoms in total. The number of hydrogen-bond acceptors (Lipinski definition) is 8. The monoisotopic (exact) mass is 564 g/mol. The Hall–Kier alpha value is -4.03. The van der Waals surface area contributed by atoms with Gasteiger partial charge in [-0.05, 0) is 41.3 Å². The molecular weight excluding hydrogens is 539 g/mol. The van der Waals surface area contributed by atoms with Crippen molar-refractivity contribution in [2.75, 3.05) is 12.9 Å². The highest BCUT2D eigenvalue weighted by atomic mass is 32.2. The number of thioether (sulfide) groups is 1. The third-order valence-corrected chi connectivity index (χ3v) is 8.16. The Morgan fingerprint density at radius 2 is 1.92 bits per heavy atom. The molecule has 0 spiro atoms. The minimum atomic E-state index is -0.332. The number of ether oxygens (including phenoxy) is 1. The van der Waals surface area contributed by atoms with Crippen LogP contribution in [-0.2, 0) is 18.4 Å². The molecule has 2 amide bonds. The van der Waals surface area contributed by atoms with Crippen molar-refractivity contribution in [2.45, 2.75) is 24.2 Å². The molecule has 39 heavy (non-hydrogen) atoms. The number of nitrogens with one attached hydrogen (secondary N) is 1. The Labute approximate surface area is 232 Å². The molecule has 0 unspecified atom stereocenters. The number of halogens is 1. The van der Waals surface area contributed by atoms with Crippen LogP contribution in [0.15, 0.2) is 76.3 Å². The van der Waals surface area contributed by atoms with Crippen LogP contribution >= 0.6 is 23.1 Å². The van der Waals surface area contributed by atoms with Crippen LogP contribution in [-0.4, -0.2) is 50.2 Å². The van der Waals surface area contributed by atoms with Crippen LogP contribution in [0.25, 0.3) is 0 Å². The molecule has 1 aliphatic heterocycles. The predicted molar refractivity (Wildman–Crippen MR) is 147 cm³/mol. The van der Waals surface area contributed by atoms with Gasteiger partial charge in [-0.25, -0.2) is 9.40 Å². The Morgan fingerprint density at radius 3 is 2.67 bits per heavy atom. The lowest BCUT2D eigenvalue weighted by Crippen LogP contribution is -2.28. The fourth-order valence-corrected chi connectivity index (χ4v) is 5.68. The number of benzene rings is 2. The van der Waals surface area contributed by atoms with Crippen molar-refractivity contribution in [1.29, 1.82) is 0 Å². The molecule has 0 bridgehead atoms. The first kappa shape index (κ1) is 26.6. The summed E-state index contributed by atoms with van der Waals surface area (Å²) in [7, 11) is 3.29. The van der Waals surface area contributed by atoms with E-state index in [1.54, 1.807) is 59.3 Å². The van der Waals surface area contributed by atoms with Crippen molar-refractivity contribution in [3.05, 3.63) is 93.7 Å². The van der Waals surface area contributed by atoms with Gasteiger partial charge in [0.25, 0.3) is 11.8 Å². The first-order valence-electron chi connectivity index (χ1n) is 12.1. The molecule has 0 saturated heterocycles. The number of amides is 2. The average Bonchev–Trinajstić information content (AvgIpc) is 3.71. The topological polar surface area (TPSA) is 102 Å². The number of rotatable bonds is 9. The minimum absolute atomic E-state index is 0.0818. The maximum absolute atomic E-state index is 13.5. The second kappa shape index (κ2) is 11.8. The molecule has 4 aromatic rings. The summed E-state index contributed by atoms with van der Waals surface area (Å²) >= 11 is 2.80. The minimum Gasteiger partial charge on any atom is -0.496 e. The highest BCUT2D eigenvalue weighted by Gasteiger charge is 2.33. The van der Waals surface area contributed by atoms with Crippen LogP contribution in [0.1, 0.15) is 39.1 Å². The van der Waals surface area contributed by atoms with E-state index >= 15 is 0 Å². The number of methoxy groups -OCH3 is 1. The molecule has 2 aromatic carbocycles. The first-order chi connectivity index (χ1) is 18.9. The average molecular weight is 565 g/mol. The second-order valence-corrected chi connectivity index (χ2v) is 10.6. The normalized spacial score (nSPS) is 14.8. The number of carbonyl (C=O) groups is 2. The van der Waals surface area contributed by atoms with E-state index in [2.05, 4.69) is 20.6 Å². The standard InChI is InChI=1S/C27H25FN6O3S2/c1-33-24(15-29-26(36)19-6-3-4-7-22(19)37-2)30-31-27(33)39-16-25(35)34-21(17-9-11-18(28)12-10-17)14-20(32-34)23-8-5-13-38-23/h3-13,21H,14-16H2,1-2H3,(H,29,36)/t21-/m0/s1. The SMILES string of the molecule is COc1ccccc1C(=O)NCc1nnc(SCC(=O)N2N=C(c3cccs3)C[C@H]2c2ccc(F)cc2)n1C. The summed E-state index contributed by atoms with van der Waals surface area (Å²) < 4.78 is 20.5. The van der Waals surface area contributed by atoms with Crippen molar-refractivity contribution in [3.8, 4) is 5.75 Å². The zero-order valence-corrected chi connectivity index (χ0v) is 22.8. The Balaban J connectivity index is 1.25. The van der Waals surface area contributed by atoms with Gasteiger partial charge in [0.2, 0.25) is 0 Å². The maximum atomic E-state index is 13.5. The molecule has 1 atom stereocenters. The Kier molecular flexibility index (Phi) is 8.03. The van der Waals surface area contributed by atoms with Gasteiger partial charge in [0, 0.05) is 13.5 Å². The van der Waals surface area contributed by atoms with Crippen molar-refractivity contribution in [2.24, 2.45) is 12.1 Å². The Bertz CT molecular complexity index is 1500. The molecule has 200 valence electrons. The number of aromatic nitrogens is 3. The molecule has 12 heteroatoms. The lowest BCUT2D eigenvalue weighted by atomic mass is 10.0. The smallest absolute Gasteiger partial charge is 0.255 e. The molecule has 5 rings (SSSR count). The van der Waals surface area contributed by atoms with Gasteiger partial charge >= 0.3 is 0 Å². The molecule has 0 radical (unpaired) electrons. The predicted octanol–water partition coefficient (Wildman–Crippen LogP) is 4.42. The molecular formula is C27H25FN6O3S2. The summed E-state index contributed by atoms with van der Waals surface area (Å²) in [5.74, 6) is 0.278. The van der Waals surface area contributed by atoms with Crippen LogP contribution in [0.5, 0.6) is 5.75 Å². The first-order valence-corrected chi connectivity index (χ1v) is 13.9. The van der Waals surface area contributed by atoms with Crippen molar-refractivity contribution >= 4 is 40.6 Å². The lowest BCUT2D eigenvalue weighted by Gasteiger charge is -2.21. The van der Waals surface area contributed by atoms with Crippen molar-refractivity contribution in [3.63, 3.8) is 0 Å². The molecule has 1 aliphatic rings. The molecule has 2 aromatic heterocycles.